The van der Waals surface area contributed by atoms with Gasteiger partial charge in [0, 0.05) is 25.4 Å². The minimum Gasteiger partial charge on any atom is -0.478 e. The van der Waals surface area contributed by atoms with E-state index in [-0.39, 0.29) is 0 Å². The molecule has 0 atom stereocenters. The average molecular weight is 264 g/mol. The van der Waals surface area contributed by atoms with Crippen molar-refractivity contribution in [2.24, 2.45) is 10.7 Å². The van der Waals surface area contributed by atoms with Crippen molar-refractivity contribution in [3.8, 4) is 5.88 Å². The Balaban J connectivity index is 2.55. The molecule has 0 unspecified atom stereocenters. The highest BCUT2D eigenvalue weighted by Crippen LogP contribution is 2.08. The highest BCUT2D eigenvalue weighted by atomic mass is 16.5. The molecule has 0 amide bonds. The van der Waals surface area contributed by atoms with E-state index >= 15 is 0 Å². The summed E-state index contributed by atoms with van der Waals surface area (Å²) in [5.74, 6) is 1.24. The lowest BCUT2D eigenvalue weighted by Gasteiger charge is -2.19. The molecule has 5 heteroatoms. The van der Waals surface area contributed by atoms with E-state index in [1.807, 2.05) is 17.0 Å². The molecular weight excluding hydrogens is 240 g/mol. The SMILES string of the molecule is CCCOc1ccc(CN=C(N)N(CC)CC)cn1. The molecule has 19 heavy (non-hydrogen) atoms. The summed E-state index contributed by atoms with van der Waals surface area (Å²) in [6.07, 6.45) is 2.76. The third kappa shape index (κ3) is 5.16. The lowest BCUT2D eigenvalue weighted by atomic mass is 10.3. The van der Waals surface area contributed by atoms with Crippen molar-refractivity contribution in [3.63, 3.8) is 0 Å². The van der Waals surface area contributed by atoms with Gasteiger partial charge in [0.2, 0.25) is 5.88 Å². The summed E-state index contributed by atoms with van der Waals surface area (Å²) >= 11 is 0. The number of nitrogens with two attached hydrogens (primary N) is 1. The van der Waals surface area contributed by atoms with Gasteiger partial charge >= 0.3 is 0 Å². The maximum atomic E-state index is 5.91. The maximum absolute atomic E-state index is 5.91. The smallest absolute Gasteiger partial charge is 0.213 e. The van der Waals surface area contributed by atoms with E-state index in [1.54, 1.807) is 6.20 Å². The molecule has 5 nitrogen and oxygen atoms in total. The molecule has 0 saturated carbocycles. The van der Waals surface area contributed by atoms with E-state index < -0.39 is 0 Å². The maximum Gasteiger partial charge on any atom is 0.213 e. The van der Waals surface area contributed by atoms with Crippen LogP contribution in [-0.2, 0) is 6.54 Å². The summed E-state index contributed by atoms with van der Waals surface area (Å²) in [4.78, 5) is 10.6. The number of ether oxygens (including phenoxy) is 1. The predicted octanol–water partition coefficient (Wildman–Crippen LogP) is 2.03. The molecule has 0 aliphatic heterocycles. The van der Waals surface area contributed by atoms with Gasteiger partial charge in [-0.05, 0) is 25.8 Å². The van der Waals surface area contributed by atoms with Crippen molar-refractivity contribution in [2.45, 2.75) is 33.7 Å². The number of hydrogen-bond acceptors (Lipinski definition) is 3. The second kappa shape index (κ2) is 8.34. The fourth-order valence-corrected chi connectivity index (χ4v) is 1.62. The predicted molar refractivity (Wildman–Crippen MR) is 78.3 cm³/mol. The van der Waals surface area contributed by atoms with E-state index in [9.17, 15) is 0 Å². The molecule has 0 fully saturated rings. The molecule has 106 valence electrons. The van der Waals surface area contributed by atoms with Crippen LogP contribution in [0.15, 0.2) is 23.3 Å². The average Bonchev–Trinajstić information content (AvgIpc) is 2.45. The molecule has 0 aliphatic rings. The van der Waals surface area contributed by atoms with Gasteiger partial charge in [-0.2, -0.15) is 0 Å². The molecule has 0 saturated heterocycles. The Morgan fingerprint density at radius 2 is 2.05 bits per heavy atom. The molecule has 0 aliphatic carbocycles. The molecule has 0 radical (unpaired) electrons. The van der Waals surface area contributed by atoms with Gasteiger partial charge in [0.05, 0.1) is 13.2 Å². The number of nitrogens with zero attached hydrogens (tertiary/aromatic N) is 3. The number of aliphatic imine (C=N–C) groups is 1. The number of rotatable bonds is 7. The first kappa shape index (κ1) is 15.3. The minimum absolute atomic E-state index is 0.545. The molecule has 1 heterocycles. The first-order valence-corrected chi connectivity index (χ1v) is 6.83. The Labute approximate surface area is 115 Å². The lowest BCUT2D eigenvalue weighted by Crippen LogP contribution is -2.37. The number of pyridine rings is 1. The Hall–Kier alpha value is -1.78. The Morgan fingerprint density at radius 3 is 2.58 bits per heavy atom. The van der Waals surface area contributed by atoms with Gasteiger partial charge in [-0.15, -0.1) is 0 Å². The van der Waals surface area contributed by atoms with Crippen LogP contribution >= 0.6 is 0 Å². The molecule has 0 bridgehead atoms. The highest BCUT2D eigenvalue weighted by Gasteiger charge is 2.02. The standard InChI is InChI=1S/C14H24N4O/c1-4-9-19-13-8-7-12(10-16-13)11-17-14(15)18(5-2)6-3/h7-8,10H,4-6,9,11H2,1-3H3,(H2,15,17). The first-order valence-electron chi connectivity index (χ1n) is 6.83. The van der Waals surface area contributed by atoms with Crippen LogP contribution in [0.1, 0.15) is 32.8 Å². The zero-order valence-electron chi connectivity index (χ0n) is 12.1. The van der Waals surface area contributed by atoms with E-state index in [2.05, 4.69) is 30.7 Å². The van der Waals surface area contributed by atoms with Crippen LogP contribution in [0.2, 0.25) is 0 Å². The lowest BCUT2D eigenvalue weighted by molar-refractivity contribution is 0.305. The minimum atomic E-state index is 0.545. The summed E-state index contributed by atoms with van der Waals surface area (Å²) in [6.45, 7) is 9.17. The summed E-state index contributed by atoms with van der Waals surface area (Å²) in [7, 11) is 0. The van der Waals surface area contributed by atoms with E-state index in [4.69, 9.17) is 10.5 Å². The fourth-order valence-electron chi connectivity index (χ4n) is 1.62. The van der Waals surface area contributed by atoms with Gasteiger partial charge in [0.1, 0.15) is 0 Å². The van der Waals surface area contributed by atoms with Crippen LogP contribution in [0.4, 0.5) is 0 Å². The van der Waals surface area contributed by atoms with Crippen molar-refractivity contribution in [2.75, 3.05) is 19.7 Å². The zero-order valence-corrected chi connectivity index (χ0v) is 12.1. The van der Waals surface area contributed by atoms with Crippen LogP contribution in [0.3, 0.4) is 0 Å². The van der Waals surface area contributed by atoms with Crippen molar-refractivity contribution >= 4 is 5.96 Å². The Morgan fingerprint density at radius 1 is 1.32 bits per heavy atom. The fraction of sp³-hybridized carbons (Fsp3) is 0.571. The van der Waals surface area contributed by atoms with Crippen molar-refractivity contribution in [3.05, 3.63) is 23.9 Å². The van der Waals surface area contributed by atoms with Crippen LogP contribution in [-0.4, -0.2) is 35.5 Å². The zero-order chi connectivity index (χ0) is 14.1. The van der Waals surface area contributed by atoms with Crippen molar-refractivity contribution in [1.29, 1.82) is 0 Å². The Bertz CT molecular complexity index is 385. The molecule has 1 aromatic rings. The quantitative estimate of drug-likeness (QED) is 0.604. The van der Waals surface area contributed by atoms with Gasteiger partial charge in [-0.25, -0.2) is 9.98 Å². The normalized spacial score (nSPS) is 11.4. The van der Waals surface area contributed by atoms with Crippen LogP contribution in [0.25, 0.3) is 0 Å². The topological polar surface area (TPSA) is 63.7 Å². The number of hydrogen-bond donors (Lipinski definition) is 1. The van der Waals surface area contributed by atoms with E-state index in [0.717, 1.165) is 25.1 Å². The highest BCUT2D eigenvalue weighted by molar-refractivity contribution is 5.77. The second-order valence-electron chi connectivity index (χ2n) is 4.20. The molecular formula is C14H24N4O. The molecule has 0 aromatic carbocycles. The first-order chi connectivity index (χ1) is 9.21. The summed E-state index contributed by atoms with van der Waals surface area (Å²) < 4.78 is 5.43. The van der Waals surface area contributed by atoms with Gasteiger partial charge in [0.25, 0.3) is 0 Å². The molecule has 0 spiro atoms. The summed E-state index contributed by atoms with van der Waals surface area (Å²) in [6, 6.07) is 3.84. The van der Waals surface area contributed by atoms with Crippen LogP contribution in [0.5, 0.6) is 5.88 Å². The largest absolute Gasteiger partial charge is 0.478 e. The molecule has 1 aromatic heterocycles. The van der Waals surface area contributed by atoms with E-state index in [0.29, 0.717) is 25.0 Å². The number of guanidine groups is 1. The van der Waals surface area contributed by atoms with Gasteiger partial charge in [0.15, 0.2) is 5.96 Å². The van der Waals surface area contributed by atoms with Crippen LogP contribution < -0.4 is 10.5 Å². The van der Waals surface area contributed by atoms with Gasteiger partial charge < -0.3 is 15.4 Å². The van der Waals surface area contributed by atoms with Crippen molar-refractivity contribution in [1.82, 2.24) is 9.88 Å². The number of aromatic nitrogens is 1. The summed E-state index contributed by atoms with van der Waals surface area (Å²) in [5, 5.41) is 0. The van der Waals surface area contributed by atoms with Gasteiger partial charge in [-0.1, -0.05) is 13.0 Å². The Kier molecular flexibility index (Phi) is 6.71. The van der Waals surface area contributed by atoms with Crippen molar-refractivity contribution < 1.29 is 4.74 Å². The third-order valence-corrected chi connectivity index (χ3v) is 2.76. The second-order valence-corrected chi connectivity index (χ2v) is 4.20. The third-order valence-electron chi connectivity index (χ3n) is 2.76. The van der Waals surface area contributed by atoms with Crippen LogP contribution in [0, 0.1) is 0 Å². The molecule has 2 N–H and O–H groups in total. The van der Waals surface area contributed by atoms with E-state index in [1.165, 1.54) is 0 Å². The summed E-state index contributed by atoms with van der Waals surface area (Å²) in [5.41, 5.74) is 6.94. The monoisotopic (exact) mass is 264 g/mol. The molecule has 1 rings (SSSR count). The van der Waals surface area contributed by atoms with Gasteiger partial charge in [-0.3, -0.25) is 0 Å².